The van der Waals surface area contributed by atoms with Crippen LogP contribution in [0.25, 0.3) is 10.9 Å². The molecule has 2 aromatic rings. The Morgan fingerprint density at radius 1 is 1.56 bits per heavy atom. The third-order valence-electron chi connectivity index (χ3n) is 4.14. The molecule has 0 saturated carbocycles. The number of carbonyl (C=O) groups is 1. The Balaban J connectivity index is 0.00000289. The van der Waals surface area contributed by atoms with Gasteiger partial charge in [-0.2, -0.15) is 0 Å². The quantitative estimate of drug-likeness (QED) is 0.835. The van der Waals surface area contributed by atoms with Gasteiger partial charge in [0.25, 0.3) is 0 Å². The largest absolute Gasteiger partial charge is 0.477 e. The van der Waals surface area contributed by atoms with Crippen LogP contribution in [0.15, 0.2) is 17.1 Å². The number of halogens is 2. The zero-order valence-electron chi connectivity index (χ0n) is 20.0. The van der Waals surface area contributed by atoms with Crippen LogP contribution in [-0.2, 0) is 13.0 Å². The van der Waals surface area contributed by atoms with Crippen molar-refractivity contribution in [1.82, 2.24) is 9.88 Å². The molecule has 2 N–H and O–H groups in total. The minimum absolute atomic E-state index is 0. The van der Waals surface area contributed by atoms with Crippen molar-refractivity contribution in [2.24, 2.45) is 0 Å². The fraction of sp³-hybridized carbons (Fsp3) is 0.412. The number of benzene rings is 1. The maximum atomic E-state index is 15.4. The van der Waals surface area contributed by atoms with Gasteiger partial charge in [0.2, 0.25) is 5.43 Å². The van der Waals surface area contributed by atoms with Crippen molar-refractivity contribution < 1.29 is 23.9 Å². The van der Waals surface area contributed by atoms with Crippen molar-refractivity contribution in [2.75, 3.05) is 24.4 Å². The highest BCUT2D eigenvalue weighted by atomic mass is 35.5. The van der Waals surface area contributed by atoms with E-state index in [4.69, 9.17) is 9.60 Å². The van der Waals surface area contributed by atoms with E-state index in [0.29, 0.717) is 4.90 Å². The number of anilines is 1. The van der Waals surface area contributed by atoms with Gasteiger partial charge in [-0.05, 0) is 19.4 Å². The maximum absolute atomic E-state index is 15.4. The van der Waals surface area contributed by atoms with Crippen LogP contribution in [-0.4, -0.2) is 41.2 Å². The fourth-order valence-electron chi connectivity index (χ4n) is 3.16. The Kier molecular flexibility index (Phi) is 2.72. The first kappa shape index (κ1) is 10.8. The first-order valence-corrected chi connectivity index (χ1v) is 7.26. The molecule has 4 rings (SSSR count). The Hall–Kier alpha value is -2.12. The molecule has 0 bridgehead atoms. The van der Waals surface area contributed by atoms with Crippen LogP contribution >= 0.6 is 12.4 Å². The summed E-state index contributed by atoms with van der Waals surface area (Å²) >= 11 is 0. The molecule has 8 heteroatoms. The van der Waals surface area contributed by atoms with Crippen molar-refractivity contribution in [1.29, 1.82) is 0 Å². The third-order valence-corrected chi connectivity index (χ3v) is 4.14. The number of aryl methyl sites for hydroxylation is 2. The number of pyridine rings is 1. The standard InChI is InChI=1S/C17H18FN3O3.ClH/c1-9-7-21(5-3-19-9)15-10-2-4-20-8-12(17(23)24)16(22)11(14(10)20)6-13(15)18;/h6,8-9,19H,2-5,7H2,1H3,(H,23,24);1H/i3D2,5D2,7D2,9D;. The van der Waals surface area contributed by atoms with Crippen LogP contribution in [0.3, 0.4) is 0 Å². The smallest absolute Gasteiger partial charge is 0.341 e. The fourth-order valence-corrected chi connectivity index (χ4v) is 3.16. The lowest BCUT2D eigenvalue weighted by Gasteiger charge is -2.35. The van der Waals surface area contributed by atoms with Gasteiger partial charge in [-0.15, -0.1) is 12.4 Å². The van der Waals surface area contributed by atoms with Gasteiger partial charge in [-0.1, -0.05) is 0 Å². The second-order valence-electron chi connectivity index (χ2n) is 5.64. The van der Waals surface area contributed by atoms with E-state index < -0.39 is 54.0 Å². The molecule has 3 heterocycles. The Labute approximate surface area is 159 Å². The van der Waals surface area contributed by atoms with Gasteiger partial charge in [0.15, 0.2) is 0 Å². The lowest BCUT2D eigenvalue weighted by molar-refractivity contribution is 0.0695. The summed E-state index contributed by atoms with van der Waals surface area (Å²) in [5, 5.41) is 11.0. The second-order valence-corrected chi connectivity index (χ2v) is 5.64. The molecule has 0 aliphatic carbocycles. The van der Waals surface area contributed by atoms with Crippen LogP contribution < -0.4 is 15.6 Å². The molecular formula is C17H19ClFN3O3. The first-order valence-electron chi connectivity index (χ1n) is 10.8. The number of carboxylic acids is 1. The number of aromatic nitrogens is 1. The Morgan fingerprint density at radius 2 is 2.32 bits per heavy atom. The third kappa shape index (κ3) is 2.67. The molecular weight excluding hydrogens is 349 g/mol. The van der Waals surface area contributed by atoms with E-state index in [1.165, 1.54) is 4.57 Å². The molecule has 1 fully saturated rings. The van der Waals surface area contributed by atoms with Crippen LogP contribution in [0, 0.1) is 5.82 Å². The minimum atomic E-state index is -3.13. The Morgan fingerprint density at radius 3 is 3.04 bits per heavy atom. The van der Waals surface area contributed by atoms with Crippen LogP contribution in [0.1, 0.15) is 32.4 Å². The van der Waals surface area contributed by atoms with Crippen molar-refractivity contribution in [3.05, 3.63) is 39.4 Å². The molecule has 1 unspecified atom stereocenters. The zero-order valence-corrected chi connectivity index (χ0v) is 13.8. The highest BCUT2D eigenvalue weighted by Gasteiger charge is 2.29. The van der Waals surface area contributed by atoms with Crippen molar-refractivity contribution in [3.8, 4) is 0 Å². The predicted octanol–water partition coefficient (Wildman–Crippen LogP) is 1.61. The number of hydrogen-bond donors (Lipinski definition) is 2. The summed E-state index contributed by atoms with van der Waals surface area (Å²) in [6.07, 6.45) is 1.13. The van der Waals surface area contributed by atoms with E-state index in [0.717, 1.165) is 19.2 Å². The summed E-state index contributed by atoms with van der Waals surface area (Å²) in [6.45, 7) is -7.83. The van der Waals surface area contributed by atoms with Gasteiger partial charge in [0, 0.05) is 53.3 Å². The van der Waals surface area contributed by atoms with Crippen molar-refractivity contribution >= 4 is 35.0 Å². The zero-order chi connectivity index (χ0) is 23.3. The van der Waals surface area contributed by atoms with Gasteiger partial charge in [0.1, 0.15) is 11.4 Å². The molecule has 1 aromatic heterocycles. The molecule has 25 heavy (non-hydrogen) atoms. The van der Waals surface area contributed by atoms with E-state index >= 15 is 4.39 Å². The van der Waals surface area contributed by atoms with E-state index in [1.54, 1.807) is 0 Å². The van der Waals surface area contributed by atoms with E-state index in [-0.39, 0.29) is 41.8 Å². The highest BCUT2D eigenvalue weighted by Crippen LogP contribution is 2.35. The number of aromatic carboxylic acids is 1. The molecule has 0 amide bonds. The predicted molar refractivity (Wildman–Crippen MR) is 95.8 cm³/mol. The monoisotopic (exact) mass is 374 g/mol. The van der Waals surface area contributed by atoms with Crippen LogP contribution in [0.4, 0.5) is 10.1 Å². The number of rotatable bonds is 2. The van der Waals surface area contributed by atoms with Gasteiger partial charge in [0.05, 0.1) is 16.7 Å². The summed E-state index contributed by atoms with van der Waals surface area (Å²) < 4.78 is 74.5. The molecule has 1 atom stereocenters. The number of piperazine rings is 1. The van der Waals surface area contributed by atoms with E-state index in [9.17, 15) is 14.7 Å². The van der Waals surface area contributed by atoms with E-state index in [1.807, 2.05) is 5.32 Å². The van der Waals surface area contributed by atoms with Gasteiger partial charge in [-0.25, -0.2) is 9.18 Å². The number of nitrogens with one attached hydrogen (secondary N) is 1. The number of hydrogen-bond acceptors (Lipinski definition) is 4. The second kappa shape index (κ2) is 6.31. The van der Waals surface area contributed by atoms with Gasteiger partial charge in [-0.3, -0.25) is 4.79 Å². The van der Waals surface area contributed by atoms with Gasteiger partial charge < -0.3 is 19.9 Å². The Bertz CT molecular complexity index is 1190. The molecule has 2 aliphatic rings. The maximum Gasteiger partial charge on any atom is 0.341 e. The molecule has 0 spiro atoms. The first-order chi connectivity index (χ1) is 14.0. The van der Waals surface area contributed by atoms with Gasteiger partial charge >= 0.3 is 5.97 Å². The summed E-state index contributed by atoms with van der Waals surface area (Å²) in [6, 6.07) is -1.66. The molecule has 1 aromatic carbocycles. The summed E-state index contributed by atoms with van der Waals surface area (Å²) in [5.41, 5.74) is -1.91. The average molecular weight is 375 g/mol. The molecule has 1 saturated heterocycles. The molecule has 2 aliphatic heterocycles. The number of nitrogens with zero attached hydrogens (tertiary/aromatic N) is 2. The molecule has 6 nitrogen and oxygen atoms in total. The summed E-state index contributed by atoms with van der Waals surface area (Å²) in [5.74, 6) is -2.70. The summed E-state index contributed by atoms with van der Waals surface area (Å²) in [4.78, 5) is 24.2. The minimum Gasteiger partial charge on any atom is -0.477 e. The molecule has 134 valence electrons. The van der Waals surface area contributed by atoms with Crippen molar-refractivity contribution in [2.45, 2.75) is 25.9 Å². The van der Waals surface area contributed by atoms with E-state index in [2.05, 4.69) is 0 Å². The lowest BCUT2D eigenvalue weighted by atomic mass is 10.0. The molecule has 0 radical (unpaired) electrons. The average Bonchev–Trinajstić information content (AvgIpc) is 3.02. The SMILES string of the molecule is Cl.[2H]C1([2H])NC([2H])(C)C([2H])([2H])N(c2c(F)cc3c(=O)c(C(=O)O)cn4c3c2CC4)C1([2H])[2H]. The lowest BCUT2D eigenvalue weighted by Crippen LogP contribution is -2.49. The number of carboxylic acid groups (broad SMARTS) is 1. The highest BCUT2D eigenvalue weighted by molar-refractivity contribution is 5.95. The normalized spacial score (nSPS) is 32.2. The summed E-state index contributed by atoms with van der Waals surface area (Å²) in [7, 11) is 0. The van der Waals surface area contributed by atoms with Crippen LogP contribution in [0.5, 0.6) is 0 Å². The topological polar surface area (TPSA) is 74.6 Å². The van der Waals surface area contributed by atoms with Crippen LogP contribution in [0.2, 0.25) is 0 Å². The van der Waals surface area contributed by atoms with Crippen molar-refractivity contribution in [3.63, 3.8) is 0 Å².